The van der Waals surface area contributed by atoms with E-state index in [0.29, 0.717) is 17.4 Å². The summed E-state index contributed by atoms with van der Waals surface area (Å²) in [5.41, 5.74) is 1.78. The van der Waals surface area contributed by atoms with Gasteiger partial charge < -0.3 is 14.2 Å². The summed E-state index contributed by atoms with van der Waals surface area (Å²) >= 11 is 0. The summed E-state index contributed by atoms with van der Waals surface area (Å²) in [5.74, 6) is 1.96. The van der Waals surface area contributed by atoms with E-state index in [0.717, 1.165) is 11.3 Å². The molecule has 0 atom stereocenters. The molecule has 0 aliphatic heterocycles. The van der Waals surface area contributed by atoms with E-state index in [9.17, 15) is 0 Å². The van der Waals surface area contributed by atoms with E-state index in [4.69, 9.17) is 14.2 Å². The van der Waals surface area contributed by atoms with Crippen LogP contribution in [0.1, 0.15) is 13.8 Å². The Balaban J connectivity index is 0.000000956. The Morgan fingerprint density at radius 2 is 1.50 bits per heavy atom. The van der Waals surface area contributed by atoms with Crippen molar-refractivity contribution in [3.05, 3.63) is 36.4 Å². The highest BCUT2D eigenvalue weighted by atomic mass is 16.5. The van der Waals surface area contributed by atoms with Gasteiger partial charge in [0.15, 0.2) is 11.5 Å². The predicted octanol–water partition coefficient (Wildman–Crippen LogP) is 3.80. The van der Waals surface area contributed by atoms with Crippen LogP contribution >= 0.6 is 0 Å². The number of nitrogens with zero attached hydrogens (tertiary/aromatic N) is 1. The van der Waals surface area contributed by atoms with Gasteiger partial charge in [0.05, 0.1) is 27.0 Å². The van der Waals surface area contributed by atoms with Gasteiger partial charge in [-0.1, -0.05) is 19.9 Å². The summed E-state index contributed by atoms with van der Waals surface area (Å²) in [6, 6.07) is 11.3. The average Bonchev–Trinajstić information content (AvgIpc) is 2.56. The number of ether oxygens (including phenoxy) is 3. The normalized spacial score (nSPS) is 9.25. The van der Waals surface area contributed by atoms with Crippen LogP contribution in [0.3, 0.4) is 0 Å². The second-order valence-corrected chi connectivity index (χ2v) is 3.63. The molecule has 0 N–H and O–H groups in total. The first-order chi connectivity index (χ1) is 9.78. The van der Waals surface area contributed by atoms with E-state index >= 15 is 0 Å². The van der Waals surface area contributed by atoms with E-state index in [-0.39, 0.29) is 0 Å². The van der Waals surface area contributed by atoms with Crippen LogP contribution in [-0.2, 0) is 0 Å². The maximum absolute atomic E-state index is 5.27. The molecule has 0 fully saturated rings. The zero-order valence-corrected chi connectivity index (χ0v) is 12.6. The summed E-state index contributed by atoms with van der Waals surface area (Å²) in [4.78, 5) is 4.37. The molecule has 2 rings (SSSR count). The van der Waals surface area contributed by atoms with Gasteiger partial charge in [-0.05, 0) is 24.3 Å². The van der Waals surface area contributed by atoms with Gasteiger partial charge in [0.2, 0.25) is 5.88 Å². The highest BCUT2D eigenvalue weighted by molar-refractivity contribution is 5.64. The lowest BCUT2D eigenvalue weighted by Crippen LogP contribution is -1.93. The number of pyridine rings is 1. The average molecular weight is 275 g/mol. The fourth-order valence-electron chi connectivity index (χ4n) is 1.68. The summed E-state index contributed by atoms with van der Waals surface area (Å²) < 4.78 is 15.6. The minimum Gasteiger partial charge on any atom is -0.493 e. The number of rotatable bonds is 4. The van der Waals surface area contributed by atoms with E-state index in [1.54, 1.807) is 21.3 Å². The molecule has 4 nitrogen and oxygen atoms in total. The largest absolute Gasteiger partial charge is 0.493 e. The maximum Gasteiger partial charge on any atom is 0.213 e. The zero-order valence-electron chi connectivity index (χ0n) is 12.6. The topological polar surface area (TPSA) is 40.6 Å². The molecule has 0 amide bonds. The zero-order chi connectivity index (χ0) is 15.0. The quantitative estimate of drug-likeness (QED) is 0.851. The van der Waals surface area contributed by atoms with E-state index in [1.165, 1.54) is 0 Å². The third kappa shape index (κ3) is 3.63. The second kappa shape index (κ2) is 8.04. The fraction of sp³-hybridized carbons (Fsp3) is 0.312. The first-order valence-corrected chi connectivity index (χ1v) is 6.52. The molecule has 0 spiro atoms. The number of aromatic nitrogens is 1. The highest BCUT2D eigenvalue weighted by Crippen LogP contribution is 2.31. The van der Waals surface area contributed by atoms with Crippen molar-refractivity contribution < 1.29 is 14.2 Å². The molecule has 0 aliphatic rings. The molecule has 2 aromatic rings. The Bertz CT molecular complexity index is 541. The highest BCUT2D eigenvalue weighted by Gasteiger charge is 2.07. The van der Waals surface area contributed by atoms with Crippen LogP contribution in [0.5, 0.6) is 17.4 Å². The molecular weight excluding hydrogens is 254 g/mol. The Morgan fingerprint density at radius 3 is 2.10 bits per heavy atom. The van der Waals surface area contributed by atoms with Crippen LogP contribution in [0.2, 0.25) is 0 Å². The molecule has 20 heavy (non-hydrogen) atoms. The smallest absolute Gasteiger partial charge is 0.213 e. The fourth-order valence-corrected chi connectivity index (χ4v) is 1.68. The van der Waals surface area contributed by atoms with Gasteiger partial charge in [0, 0.05) is 11.6 Å². The molecule has 1 aromatic carbocycles. The van der Waals surface area contributed by atoms with E-state index < -0.39 is 0 Å². The Morgan fingerprint density at radius 1 is 0.800 bits per heavy atom. The second-order valence-electron chi connectivity index (χ2n) is 3.63. The Hall–Kier alpha value is -2.23. The van der Waals surface area contributed by atoms with Crippen molar-refractivity contribution in [1.29, 1.82) is 0 Å². The first-order valence-electron chi connectivity index (χ1n) is 6.52. The van der Waals surface area contributed by atoms with Gasteiger partial charge in [-0.2, -0.15) is 0 Å². The lowest BCUT2D eigenvalue weighted by atomic mass is 10.1. The molecule has 4 heteroatoms. The van der Waals surface area contributed by atoms with Crippen molar-refractivity contribution >= 4 is 0 Å². The molecule has 0 radical (unpaired) electrons. The molecule has 0 unspecified atom stereocenters. The molecular formula is C16H21NO3. The van der Waals surface area contributed by atoms with Crippen molar-refractivity contribution in [3.8, 4) is 28.6 Å². The summed E-state index contributed by atoms with van der Waals surface area (Å²) in [6.07, 6.45) is 0. The van der Waals surface area contributed by atoms with Crippen molar-refractivity contribution in [2.75, 3.05) is 21.3 Å². The molecule has 1 aromatic heterocycles. The maximum atomic E-state index is 5.27. The molecule has 0 saturated carbocycles. The van der Waals surface area contributed by atoms with Gasteiger partial charge in [0.1, 0.15) is 0 Å². The Labute approximate surface area is 120 Å². The van der Waals surface area contributed by atoms with Crippen molar-refractivity contribution in [2.24, 2.45) is 0 Å². The van der Waals surface area contributed by atoms with Crippen molar-refractivity contribution in [2.45, 2.75) is 13.8 Å². The van der Waals surface area contributed by atoms with Gasteiger partial charge in [-0.25, -0.2) is 4.98 Å². The Kier molecular flexibility index (Phi) is 6.37. The standard InChI is InChI=1S/C14H15NO3.C2H6/c1-16-12-8-7-10(9-13(12)17-2)11-5-4-6-14(15-11)18-3;1-2/h4-9H,1-3H3;1-2H3. The van der Waals surface area contributed by atoms with Gasteiger partial charge >= 0.3 is 0 Å². The van der Waals surface area contributed by atoms with Gasteiger partial charge in [-0.15, -0.1) is 0 Å². The van der Waals surface area contributed by atoms with Gasteiger partial charge in [0.25, 0.3) is 0 Å². The molecule has 108 valence electrons. The van der Waals surface area contributed by atoms with Crippen molar-refractivity contribution in [1.82, 2.24) is 4.98 Å². The lowest BCUT2D eigenvalue weighted by molar-refractivity contribution is 0.355. The van der Waals surface area contributed by atoms with Crippen LogP contribution in [0, 0.1) is 0 Å². The minimum atomic E-state index is 0.585. The third-order valence-electron chi connectivity index (χ3n) is 2.61. The van der Waals surface area contributed by atoms with Crippen LogP contribution in [-0.4, -0.2) is 26.3 Å². The van der Waals surface area contributed by atoms with Crippen molar-refractivity contribution in [3.63, 3.8) is 0 Å². The predicted molar refractivity (Wildman–Crippen MR) is 80.7 cm³/mol. The van der Waals surface area contributed by atoms with E-state index in [1.807, 2.05) is 50.2 Å². The van der Waals surface area contributed by atoms with Crippen LogP contribution < -0.4 is 14.2 Å². The molecule has 0 aliphatic carbocycles. The minimum absolute atomic E-state index is 0.585. The van der Waals surface area contributed by atoms with Crippen LogP contribution in [0.4, 0.5) is 0 Å². The number of methoxy groups -OCH3 is 3. The molecule has 0 saturated heterocycles. The number of hydrogen-bond acceptors (Lipinski definition) is 4. The summed E-state index contributed by atoms with van der Waals surface area (Å²) in [5, 5.41) is 0. The van der Waals surface area contributed by atoms with Crippen LogP contribution in [0.25, 0.3) is 11.3 Å². The third-order valence-corrected chi connectivity index (χ3v) is 2.61. The molecule has 0 bridgehead atoms. The summed E-state index contributed by atoms with van der Waals surface area (Å²) in [6.45, 7) is 4.00. The van der Waals surface area contributed by atoms with Gasteiger partial charge in [-0.3, -0.25) is 0 Å². The number of benzene rings is 1. The SMILES string of the molecule is CC.COc1cccc(-c2ccc(OC)c(OC)c2)n1. The monoisotopic (exact) mass is 275 g/mol. The van der Waals surface area contributed by atoms with E-state index in [2.05, 4.69) is 4.98 Å². The number of hydrogen-bond donors (Lipinski definition) is 0. The summed E-state index contributed by atoms with van der Waals surface area (Å²) in [7, 11) is 4.82. The van der Waals surface area contributed by atoms with Crippen LogP contribution in [0.15, 0.2) is 36.4 Å². The lowest BCUT2D eigenvalue weighted by Gasteiger charge is -2.09. The molecule has 1 heterocycles. The first kappa shape index (κ1) is 15.8.